The topological polar surface area (TPSA) is 69.4 Å². The van der Waals surface area contributed by atoms with Gasteiger partial charge in [-0.05, 0) is 26.0 Å². The smallest absolute Gasteiger partial charge is 0.296 e. The lowest BCUT2D eigenvalue weighted by Crippen LogP contribution is -2.19. The molecule has 102 valence electrons. The van der Waals surface area contributed by atoms with E-state index in [1.165, 1.54) is 15.9 Å². The molecule has 0 spiro atoms. The standard InChI is InChI=1S/C13H12N4O2S/c1-3-19-10-6-4-5-9(7-10)11-16-17-12(18)8(2)14-15-13(17)20-11/h4-7H,3H2,1-2H3. The van der Waals surface area contributed by atoms with Gasteiger partial charge in [-0.3, -0.25) is 4.79 Å². The van der Waals surface area contributed by atoms with Crippen molar-refractivity contribution in [3.05, 3.63) is 40.3 Å². The van der Waals surface area contributed by atoms with Crippen molar-refractivity contribution in [3.63, 3.8) is 0 Å². The maximum atomic E-state index is 11.9. The van der Waals surface area contributed by atoms with Crippen LogP contribution in [0.25, 0.3) is 15.5 Å². The van der Waals surface area contributed by atoms with Gasteiger partial charge in [-0.25, -0.2) is 0 Å². The van der Waals surface area contributed by atoms with Crippen LogP contribution in [0.15, 0.2) is 29.1 Å². The summed E-state index contributed by atoms with van der Waals surface area (Å²) in [4.78, 5) is 12.4. The van der Waals surface area contributed by atoms with Crippen LogP contribution in [0, 0.1) is 6.92 Å². The molecule has 0 fully saturated rings. The van der Waals surface area contributed by atoms with Gasteiger partial charge in [0.05, 0.1) is 6.61 Å². The van der Waals surface area contributed by atoms with E-state index in [1.807, 2.05) is 31.2 Å². The van der Waals surface area contributed by atoms with Gasteiger partial charge in [-0.1, -0.05) is 23.5 Å². The van der Waals surface area contributed by atoms with Crippen LogP contribution >= 0.6 is 11.3 Å². The summed E-state index contributed by atoms with van der Waals surface area (Å²) in [6, 6.07) is 7.60. The molecule has 0 atom stereocenters. The average molecular weight is 288 g/mol. The van der Waals surface area contributed by atoms with Gasteiger partial charge in [0.25, 0.3) is 5.56 Å². The van der Waals surface area contributed by atoms with Crippen LogP contribution in [-0.4, -0.2) is 26.4 Å². The third kappa shape index (κ3) is 2.16. The number of nitrogens with zero attached hydrogens (tertiary/aromatic N) is 4. The van der Waals surface area contributed by atoms with Crippen LogP contribution in [-0.2, 0) is 0 Å². The molecule has 0 aliphatic rings. The van der Waals surface area contributed by atoms with Gasteiger partial charge < -0.3 is 4.74 Å². The number of aromatic nitrogens is 4. The zero-order valence-electron chi connectivity index (χ0n) is 11.0. The van der Waals surface area contributed by atoms with Crippen molar-refractivity contribution < 1.29 is 4.74 Å². The molecule has 0 saturated heterocycles. The fraction of sp³-hybridized carbons (Fsp3) is 0.231. The van der Waals surface area contributed by atoms with Crippen LogP contribution in [0.3, 0.4) is 0 Å². The molecule has 6 nitrogen and oxygen atoms in total. The summed E-state index contributed by atoms with van der Waals surface area (Å²) in [5, 5.41) is 12.8. The lowest BCUT2D eigenvalue weighted by atomic mass is 10.2. The average Bonchev–Trinajstić information content (AvgIpc) is 2.89. The third-order valence-corrected chi connectivity index (χ3v) is 3.69. The summed E-state index contributed by atoms with van der Waals surface area (Å²) in [6.45, 7) is 4.16. The summed E-state index contributed by atoms with van der Waals surface area (Å²) < 4.78 is 6.75. The van der Waals surface area contributed by atoms with E-state index in [4.69, 9.17) is 4.74 Å². The number of rotatable bonds is 3. The Morgan fingerprint density at radius 3 is 3.00 bits per heavy atom. The number of aryl methyl sites for hydroxylation is 1. The van der Waals surface area contributed by atoms with E-state index < -0.39 is 0 Å². The normalized spacial score (nSPS) is 10.9. The Hall–Kier alpha value is -2.28. The molecule has 7 heteroatoms. The summed E-state index contributed by atoms with van der Waals surface area (Å²) in [5.41, 5.74) is 0.990. The molecule has 2 heterocycles. The lowest BCUT2D eigenvalue weighted by molar-refractivity contribution is 0.340. The van der Waals surface area contributed by atoms with Crippen LogP contribution in [0.1, 0.15) is 12.6 Å². The number of fused-ring (bicyclic) bond motifs is 1. The van der Waals surface area contributed by atoms with Crippen LogP contribution in [0.2, 0.25) is 0 Å². The first-order valence-corrected chi connectivity index (χ1v) is 6.97. The molecular weight excluding hydrogens is 276 g/mol. The van der Waals surface area contributed by atoms with E-state index in [0.29, 0.717) is 22.3 Å². The van der Waals surface area contributed by atoms with Crippen molar-refractivity contribution in [2.45, 2.75) is 13.8 Å². The SMILES string of the molecule is CCOc1cccc(-c2nn3c(=O)c(C)nnc3s2)c1. The Bertz CT molecular complexity index is 825. The zero-order valence-corrected chi connectivity index (χ0v) is 11.8. The Kier molecular flexibility index (Phi) is 3.19. The van der Waals surface area contributed by atoms with E-state index in [9.17, 15) is 4.79 Å². The second-order valence-corrected chi connectivity index (χ2v) is 5.11. The molecule has 0 radical (unpaired) electrons. The minimum atomic E-state index is -0.238. The quantitative estimate of drug-likeness (QED) is 0.736. The van der Waals surface area contributed by atoms with E-state index in [1.54, 1.807) is 6.92 Å². The molecule has 2 aromatic heterocycles. The molecule has 0 amide bonds. The van der Waals surface area contributed by atoms with Gasteiger partial charge >= 0.3 is 0 Å². The van der Waals surface area contributed by atoms with Crippen molar-refractivity contribution in [2.75, 3.05) is 6.61 Å². The second-order valence-electron chi connectivity index (χ2n) is 4.15. The molecule has 0 bridgehead atoms. The maximum absolute atomic E-state index is 11.9. The van der Waals surface area contributed by atoms with Crippen LogP contribution < -0.4 is 10.3 Å². The Labute approximate surface area is 118 Å². The van der Waals surface area contributed by atoms with E-state index in [-0.39, 0.29) is 5.56 Å². The first-order valence-electron chi connectivity index (χ1n) is 6.15. The van der Waals surface area contributed by atoms with Crippen LogP contribution in [0.5, 0.6) is 5.75 Å². The molecule has 0 N–H and O–H groups in total. The highest BCUT2D eigenvalue weighted by molar-refractivity contribution is 7.19. The van der Waals surface area contributed by atoms with Crippen molar-refractivity contribution in [1.29, 1.82) is 0 Å². The van der Waals surface area contributed by atoms with Crippen molar-refractivity contribution in [2.24, 2.45) is 0 Å². The molecule has 0 saturated carbocycles. The highest BCUT2D eigenvalue weighted by atomic mass is 32.1. The van der Waals surface area contributed by atoms with E-state index >= 15 is 0 Å². The van der Waals surface area contributed by atoms with Gasteiger partial charge in [0.15, 0.2) is 0 Å². The Morgan fingerprint density at radius 1 is 1.35 bits per heavy atom. The molecule has 3 rings (SSSR count). The minimum absolute atomic E-state index is 0.238. The Balaban J connectivity index is 2.13. The molecule has 0 unspecified atom stereocenters. The van der Waals surface area contributed by atoms with Gasteiger partial charge in [0, 0.05) is 5.56 Å². The first-order chi connectivity index (χ1) is 9.69. The van der Waals surface area contributed by atoms with Gasteiger partial charge in [0.1, 0.15) is 16.5 Å². The summed E-state index contributed by atoms with van der Waals surface area (Å²) in [7, 11) is 0. The zero-order chi connectivity index (χ0) is 14.1. The highest BCUT2D eigenvalue weighted by Gasteiger charge is 2.11. The minimum Gasteiger partial charge on any atom is -0.494 e. The molecule has 0 aliphatic carbocycles. The number of ether oxygens (including phenoxy) is 1. The summed E-state index contributed by atoms with van der Waals surface area (Å²) in [6.07, 6.45) is 0. The van der Waals surface area contributed by atoms with Crippen LogP contribution in [0.4, 0.5) is 0 Å². The highest BCUT2D eigenvalue weighted by Crippen LogP contribution is 2.27. The third-order valence-electron chi connectivity index (χ3n) is 2.74. The van der Waals surface area contributed by atoms with E-state index in [0.717, 1.165) is 11.3 Å². The Morgan fingerprint density at radius 2 is 2.20 bits per heavy atom. The van der Waals surface area contributed by atoms with Crippen molar-refractivity contribution >= 4 is 16.3 Å². The summed E-state index contributed by atoms with van der Waals surface area (Å²) in [5.74, 6) is 0.777. The predicted molar refractivity (Wildman–Crippen MR) is 76.3 cm³/mol. The fourth-order valence-electron chi connectivity index (χ4n) is 1.79. The van der Waals surface area contributed by atoms with Crippen molar-refractivity contribution in [1.82, 2.24) is 19.8 Å². The van der Waals surface area contributed by atoms with Gasteiger partial charge in [-0.15, -0.1) is 10.2 Å². The van der Waals surface area contributed by atoms with E-state index in [2.05, 4.69) is 15.3 Å². The largest absolute Gasteiger partial charge is 0.494 e. The van der Waals surface area contributed by atoms with Crippen molar-refractivity contribution in [3.8, 4) is 16.3 Å². The number of hydrogen-bond donors (Lipinski definition) is 0. The molecule has 0 aliphatic heterocycles. The number of hydrogen-bond acceptors (Lipinski definition) is 6. The van der Waals surface area contributed by atoms with Gasteiger partial charge in [-0.2, -0.15) is 9.61 Å². The first kappa shape index (κ1) is 12.7. The lowest BCUT2D eigenvalue weighted by Gasteiger charge is -2.03. The second kappa shape index (κ2) is 5.01. The summed E-state index contributed by atoms with van der Waals surface area (Å²) >= 11 is 1.32. The molecule has 3 aromatic rings. The maximum Gasteiger partial charge on any atom is 0.296 e. The molecule has 1 aromatic carbocycles. The molecular formula is C13H12N4O2S. The number of benzene rings is 1. The van der Waals surface area contributed by atoms with Gasteiger partial charge in [0.2, 0.25) is 4.96 Å². The monoisotopic (exact) mass is 288 g/mol. The fourth-order valence-corrected chi connectivity index (χ4v) is 2.63. The molecule has 20 heavy (non-hydrogen) atoms. The predicted octanol–water partition coefficient (Wildman–Crippen LogP) is 1.92.